The van der Waals surface area contributed by atoms with Gasteiger partial charge >= 0.3 is 12.0 Å². The van der Waals surface area contributed by atoms with Gasteiger partial charge in [-0.15, -0.1) is 10.2 Å². The van der Waals surface area contributed by atoms with E-state index in [9.17, 15) is 9.59 Å². The molecule has 0 bridgehead atoms. The number of hydrogen-bond acceptors (Lipinski definition) is 4. The highest BCUT2D eigenvalue weighted by Gasteiger charge is 2.26. The predicted molar refractivity (Wildman–Crippen MR) is 74.4 cm³/mol. The third kappa shape index (κ3) is 4.17. The highest BCUT2D eigenvalue weighted by atomic mass is 16.4. The number of aromatic nitrogens is 3. The first-order valence-electron chi connectivity index (χ1n) is 7.24. The summed E-state index contributed by atoms with van der Waals surface area (Å²) in [6.07, 6.45) is 4.27. The molecule has 1 aliphatic rings. The van der Waals surface area contributed by atoms with Crippen molar-refractivity contribution < 1.29 is 14.7 Å². The van der Waals surface area contributed by atoms with Crippen LogP contribution in [-0.2, 0) is 17.9 Å². The lowest BCUT2D eigenvalue weighted by Crippen LogP contribution is -2.44. The van der Waals surface area contributed by atoms with Gasteiger partial charge in [0, 0.05) is 12.6 Å². The minimum atomic E-state index is -0.739. The number of aliphatic carboxylic acids is 1. The average Bonchev–Trinajstić information content (AvgIpc) is 2.93. The lowest BCUT2D eigenvalue weighted by atomic mass is 9.86. The summed E-state index contributed by atoms with van der Waals surface area (Å²) in [6, 6.07) is -0.205. The Morgan fingerprint density at radius 2 is 2.10 bits per heavy atom. The average molecular weight is 295 g/mol. The van der Waals surface area contributed by atoms with Gasteiger partial charge in [0.15, 0.2) is 5.82 Å². The maximum Gasteiger partial charge on any atom is 0.315 e. The first-order chi connectivity index (χ1) is 10.1. The molecule has 0 spiro atoms. The van der Waals surface area contributed by atoms with Gasteiger partial charge in [-0.1, -0.05) is 0 Å². The van der Waals surface area contributed by atoms with Gasteiger partial charge in [0.05, 0.1) is 12.5 Å². The second-order valence-electron chi connectivity index (χ2n) is 5.25. The summed E-state index contributed by atoms with van der Waals surface area (Å²) in [5.74, 6) is -0.298. The molecule has 2 amide bonds. The molecule has 8 nitrogen and oxygen atoms in total. The van der Waals surface area contributed by atoms with Crippen LogP contribution in [0.1, 0.15) is 38.4 Å². The lowest BCUT2D eigenvalue weighted by Gasteiger charge is -2.26. The largest absolute Gasteiger partial charge is 0.481 e. The van der Waals surface area contributed by atoms with E-state index in [1.807, 2.05) is 11.5 Å². The van der Waals surface area contributed by atoms with Gasteiger partial charge in [-0.3, -0.25) is 4.79 Å². The van der Waals surface area contributed by atoms with Crippen LogP contribution in [0, 0.1) is 5.92 Å². The number of carbonyl (C=O) groups is 2. The van der Waals surface area contributed by atoms with Crippen LogP contribution in [0.4, 0.5) is 4.79 Å². The van der Waals surface area contributed by atoms with E-state index >= 15 is 0 Å². The number of nitrogens with one attached hydrogen (secondary N) is 2. The number of rotatable bonds is 5. The van der Waals surface area contributed by atoms with E-state index in [2.05, 4.69) is 20.8 Å². The standard InChI is InChI=1S/C13H21N5O3/c1-2-18-8-15-17-11(18)7-14-13(21)16-10-5-3-9(4-6-10)12(19)20/h8-10H,2-7H2,1H3,(H,19,20)(H2,14,16,21). The van der Waals surface area contributed by atoms with Crippen LogP contribution in [0.15, 0.2) is 6.33 Å². The molecule has 1 saturated carbocycles. The topological polar surface area (TPSA) is 109 Å². The van der Waals surface area contributed by atoms with Crippen LogP contribution in [0.25, 0.3) is 0 Å². The first-order valence-corrected chi connectivity index (χ1v) is 7.24. The molecule has 1 aromatic rings. The Bertz CT molecular complexity index is 494. The summed E-state index contributed by atoms with van der Waals surface area (Å²) in [7, 11) is 0. The SMILES string of the molecule is CCn1cnnc1CNC(=O)NC1CCC(C(=O)O)CC1. The number of amides is 2. The summed E-state index contributed by atoms with van der Waals surface area (Å²) in [5, 5.41) is 22.3. The summed E-state index contributed by atoms with van der Waals surface area (Å²) in [5.41, 5.74) is 0. The van der Waals surface area contributed by atoms with Gasteiger partial charge in [-0.25, -0.2) is 4.79 Å². The lowest BCUT2D eigenvalue weighted by molar-refractivity contribution is -0.142. The molecule has 8 heteroatoms. The molecule has 1 aromatic heterocycles. The van der Waals surface area contributed by atoms with Crippen LogP contribution < -0.4 is 10.6 Å². The zero-order valence-electron chi connectivity index (χ0n) is 12.1. The van der Waals surface area contributed by atoms with E-state index < -0.39 is 5.97 Å². The van der Waals surface area contributed by atoms with Crippen molar-refractivity contribution in [1.82, 2.24) is 25.4 Å². The minimum absolute atomic E-state index is 0.0460. The van der Waals surface area contributed by atoms with Crippen LogP contribution >= 0.6 is 0 Å². The minimum Gasteiger partial charge on any atom is -0.481 e. The van der Waals surface area contributed by atoms with Crippen molar-refractivity contribution in [2.75, 3.05) is 0 Å². The van der Waals surface area contributed by atoms with Crippen LogP contribution in [0.2, 0.25) is 0 Å². The molecule has 0 aromatic carbocycles. The number of hydrogen-bond donors (Lipinski definition) is 3. The van der Waals surface area contributed by atoms with E-state index in [0.717, 1.165) is 6.54 Å². The van der Waals surface area contributed by atoms with Crippen molar-refractivity contribution in [2.24, 2.45) is 5.92 Å². The third-order valence-electron chi connectivity index (χ3n) is 3.86. The Kier molecular flexibility index (Phi) is 5.13. The Balaban J connectivity index is 1.72. The van der Waals surface area contributed by atoms with Gasteiger partial charge in [0.2, 0.25) is 0 Å². The Morgan fingerprint density at radius 3 is 2.71 bits per heavy atom. The first kappa shape index (κ1) is 15.3. The number of carboxylic acid groups (broad SMARTS) is 1. The number of carbonyl (C=O) groups excluding carboxylic acids is 1. The molecule has 0 saturated heterocycles. The summed E-state index contributed by atoms with van der Waals surface area (Å²) < 4.78 is 1.86. The highest BCUT2D eigenvalue weighted by Crippen LogP contribution is 2.24. The number of aryl methyl sites for hydroxylation is 1. The molecule has 1 heterocycles. The molecule has 0 atom stereocenters. The normalized spacial score (nSPS) is 21.8. The molecule has 0 unspecified atom stereocenters. The molecular weight excluding hydrogens is 274 g/mol. The van der Waals surface area contributed by atoms with E-state index in [0.29, 0.717) is 38.1 Å². The Morgan fingerprint density at radius 1 is 1.38 bits per heavy atom. The van der Waals surface area contributed by atoms with Gasteiger partial charge in [-0.2, -0.15) is 0 Å². The zero-order valence-corrected chi connectivity index (χ0v) is 12.1. The molecule has 0 radical (unpaired) electrons. The van der Waals surface area contributed by atoms with Crippen molar-refractivity contribution in [3.05, 3.63) is 12.2 Å². The second kappa shape index (κ2) is 7.05. The van der Waals surface area contributed by atoms with Gasteiger partial charge in [0.1, 0.15) is 6.33 Å². The second-order valence-corrected chi connectivity index (χ2v) is 5.25. The van der Waals surface area contributed by atoms with Gasteiger partial charge in [0.25, 0.3) is 0 Å². The zero-order chi connectivity index (χ0) is 15.2. The fraction of sp³-hybridized carbons (Fsp3) is 0.692. The number of urea groups is 1. The predicted octanol–water partition coefficient (Wildman–Crippen LogP) is 0.741. The smallest absolute Gasteiger partial charge is 0.315 e. The van der Waals surface area contributed by atoms with E-state index in [-0.39, 0.29) is 18.0 Å². The molecule has 21 heavy (non-hydrogen) atoms. The maximum absolute atomic E-state index is 11.8. The summed E-state index contributed by atoms with van der Waals surface area (Å²) in [6.45, 7) is 3.06. The van der Waals surface area contributed by atoms with Gasteiger partial charge in [-0.05, 0) is 32.6 Å². The van der Waals surface area contributed by atoms with Crippen molar-refractivity contribution >= 4 is 12.0 Å². The van der Waals surface area contributed by atoms with Crippen molar-refractivity contribution in [3.8, 4) is 0 Å². The van der Waals surface area contributed by atoms with E-state index in [4.69, 9.17) is 5.11 Å². The maximum atomic E-state index is 11.8. The molecule has 1 fully saturated rings. The quantitative estimate of drug-likeness (QED) is 0.742. The van der Waals surface area contributed by atoms with Crippen LogP contribution in [0.5, 0.6) is 0 Å². The number of nitrogens with zero attached hydrogens (tertiary/aromatic N) is 3. The number of carboxylic acids is 1. The Labute approximate surface area is 122 Å². The molecule has 0 aliphatic heterocycles. The summed E-state index contributed by atoms with van der Waals surface area (Å²) >= 11 is 0. The highest BCUT2D eigenvalue weighted by molar-refractivity contribution is 5.74. The van der Waals surface area contributed by atoms with E-state index in [1.165, 1.54) is 0 Å². The Hall–Kier alpha value is -2.12. The summed E-state index contributed by atoms with van der Waals surface area (Å²) in [4.78, 5) is 22.7. The van der Waals surface area contributed by atoms with Crippen LogP contribution in [0.3, 0.4) is 0 Å². The fourth-order valence-electron chi connectivity index (χ4n) is 2.56. The van der Waals surface area contributed by atoms with Gasteiger partial charge < -0.3 is 20.3 Å². The van der Waals surface area contributed by atoms with E-state index in [1.54, 1.807) is 6.33 Å². The van der Waals surface area contributed by atoms with Crippen molar-refractivity contribution in [1.29, 1.82) is 0 Å². The third-order valence-corrected chi connectivity index (χ3v) is 3.86. The molecule has 1 aliphatic carbocycles. The molecule has 3 N–H and O–H groups in total. The monoisotopic (exact) mass is 295 g/mol. The molecular formula is C13H21N5O3. The fourth-order valence-corrected chi connectivity index (χ4v) is 2.56. The van der Waals surface area contributed by atoms with Crippen LogP contribution in [-0.4, -0.2) is 37.9 Å². The molecule has 116 valence electrons. The van der Waals surface area contributed by atoms with Crippen molar-refractivity contribution in [2.45, 2.75) is 51.7 Å². The molecule has 2 rings (SSSR count). The van der Waals surface area contributed by atoms with Crippen molar-refractivity contribution in [3.63, 3.8) is 0 Å².